The van der Waals surface area contributed by atoms with Crippen LogP contribution in [0.25, 0.3) is 0 Å². The third kappa shape index (κ3) is 6.19. The number of rotatable bonds is 9. The SMILES string of the molecule is C=CCn1c(COc2ccc(F)cc2Cl)nnc1SCC(=O)Nc1ccc(F)c(Cl)c1. The molecule has 31 heavy (non-hydrogen) atoms. The van der Waals surface area contributed by atoms with Gasteiger partial charge in [0.2, 0.25) is 5.91 Å². The maximum absolute atomic E-state index is 13.2. The van der Waals surface area contributed by atoms with Crippen molar-refractivity contribution in [3.8, 4) is 5.75 Å². The number of anilines is 1. The highest BCUT2D eigenvalue weighted by molar-refractivity contribution is 7.99. The van der Waals surface area contributed by atoms with Crippen LogP contribution in [0.4, 0.5) is 14.5 Å². The van der Waals surface area contributed by atoms with Crippen LogP contribution in [-0.4, -0.2) is 26.4 Å². The summed E-state index contributed by atoms with van der Waals surface area (Å²) in [6.07, 6.45) is 1.66. The molecule has 0 bridgehead atoms. The van der Waals surface area contributed by atoms with Crippen LogP contribution in [0.3, 0.4) is 0 Å². The lowest BCUT2D eigenvalue weighted by atomic mass is 10.3. The van der Waals surface area contributed by atoms with Gasteiger partial charge in [0.25, 0.3) is 0 Å². The van der Waals surface area contributed by atoms with E-state index in [0.717, 1.165) is 17.8 Å². The summed E-state index contributed by atoms with van der Waals surface area (Å²) in [6.45, 7) is 4.14. The average Bonchev–Trinajstić information content (AvgIpc) is 3.10. The van der Waals surface area contributed by atoms with E-state index in [9.17, 15) is 13.6 Å². The first-order valence-corrected chi connectivity index (χ1v) is 10.6. The molecule has 2 aromatic carbocycles. The number of allylic oxidation sites excluding steroid dienone is 1. The lowest BCUT2D eigenvalue weighted by molar-refractivity contribution is -0.113. The molecule has 0 atom stereocenters. The molecule has 162 valence electrons. The van der Waals surface area contributed by atoms with E-state index >= 15 is 0 Å². The standard InChI is InChI=1S/C20H16Cl2F2N4O2S/c1-2-7-28-18(10-30-17-6-3-12(23)8-15(17)22)26-27-20(28)31-11-19(29)25-13-4-5-16(24)14(21)9-13/h2-6,8-9H,1,7,10-11H2,(H,25,29). The number of halogens is 4. The first kappa shape index (κ1) is 23.1. The van der Waals surface area contributed by atoms with Crippen molar-refractivity contribution in [2.75, 3.05) is 11.1 Å². The summed E-state index contributed by atoms with van der Waals surface area (Å²) in [7, 11) is 0. The van der Waals surface area contributed by atoms with Crippen molar-refractivity contribution >= 4 is 46.6 Å². The Labute approximate surface area is 191 Å². The van der Waals surface area contributed by atoms with Crippen molar-refractivity contribution in [3.05, 3.63) is 76.6 Å². The minimum Gasteiger partial charge on any atom is -0.484 e. The molecule has 0 unspecified atom stereocenters. The van der Waals surface area contributed by atoms with Crippen LogP contribution in [0.1, 0.15) is 5.82 Å². The molecule has 1 heterocycles. The quantitative estimate of drug-likeness (QED) is 0.327. The van der Waals surface area contributed by atoms with E-state index in [4.69, 9.17) is 27.9 Å². The van der Waals surface area contributed by atoms with Gasteiger partial charge in [0.1, 0.15) is 24.0 Å². The molecule has 0 saturated heterocycles. The summed E-state index contributed by atoms with van der Waals surface area (Å²) in [5.41, 5.74) is 0.384. The van der Waals surface area contributed by atoms with Crippen LogP contribution >= 0.6 is 35.0 Å². The monoisotopic (exact) mass is 484 g/mol. The molecule has 0 radical (unpaired) electrons. The van der Waals surface area contributed by atoms with E-state index in [1.165, 1.54) is 30.3 Å². The second-order valence-electron chi connectivity index (χ2n) is 6.13. The minimum atomic E-state index is -0.566. The molecule has 6 nitrogen and oxygen atoms in total. The van der Waals surface area contributed by atoms with Crippen LogP contribution < -0.4 is 10.1 Å². The number of hydrogen-bond acceptors (Lipinski definition) is 5. The lowest BCUT2D eigenvalue weighted by Crippen LogP contribution is -2.15. The van der Waals surface area contributed by atoms with E-state index in [0.29, 0.717) is 29.0 Å². The van der Waals surface area contributed by atoms with Crippen LogP contribution in [0.5, 0.6) is 5.75 Å². The Kier molecular flexibility index (Phi) is 7.89. The van der Waals surface area contributed by atoms with Gasteiger partial charge in [0.05, 0.1) is 15.8 Å². The topological polar surface area (TPSA) is 69.0 Å². The number of thioether (sulfide) groups is 1. The summed E-state index contributed by atoms with van der Waals surface area (Å²) < 4.78 is 33.7. The third-order valence-corrected chi connectivity index (χ3v) is 5.44. The Hall–Kier alpha value is -2.62. The summed E-state index contributed by atoms with van der Waals surface area (Å²) >= 11 is 12.8. The molecule has 3 aromatic rings. The van der Waals surface area contributed by atoms with Gasteiger partial charge in [-0.2, -0.15) is 0 Å². The van der Waals surface area contributed by atoms with Gasteiger partial charge < -0.3 is 10.1 Å². The predicted molar refractivity (Wildman–Crippen MR) is 117 cm³/mol. The molecular formula is C20H16Cl2F2N4O2S. The highest BCUT2D eigenvalue weighted by Crippen LogP contribution is 2.26. The van der Waals surface area contributed by atoms with E-state index in [1.54, 1.807) is 10.6 Å². The molecule has 0 aliphatic heterocycles. The lowest BCUT2D eigenvalue weighted by Gasteiger charge is -2.10. The van der Waals surface area contributed by atoms with E-state index in [-0.39, 0.29) is 28.3 Å². The molecule has 0 aliphatic carbocycles. The Morgan fingerprint density at radius 3 is 2.71 bits per heavy atom. The van der Waals surface area contributed by atoms with Crippen molar-refractivity contribution in [1.82, 2.24) is 14.8 Å². The van der Waals surface area contributed by atoms with Crippen LogP contribution in [-0.2, 0) is 17.9 Å². The first-order chi connectivity index (χ1) is 14.9. The number of hydrogen-bond donors (Lipinski definition) is 1. The fraction of sp³-hybridized carbons (Fsp3) is 0.150. The van der Waals surface area contributed by atoms with Crippen molar-refractivity contribution in [2.24, 2.45) is 0 Å². The molecule has 1 aromatic heterocycles. The number of aromatic nitrogens is 3. The third-order valence-electron chi connectivity index (χ3n) is 3.89. The Balaban J connectivity index is 1.63. The Bertz CT molecular complexity index is 1110. The van der Waals surface area contributed by atoms with Crippen LogP contribution in [0, 0.1) is 11.6 Å². The zero-order chi connectivity index (χ0) is 22.4. The number of amides is 1. The van der Waals surface area contributed by atoms with E-state index in [1.807, 2.05) is 0 Å². The number of ether oxygens (including phenoxy) is 1. The van der Waals surface area contributed by atoms with Gasteiger partial charge in [-0.15, -0.1) is 16.8 Å². The largest absolute Gasteiger partial charge is 0.484 e. The normalized spacial score (nSPS) is 10.7. The maximum atomic E-state index is 13.2. The smallest absolute Gasteiger partial charge is 0.234 e. The molecule has 0 aliphatic rings. The Morgan fingerprint density at radius 1 is 1.19 bits per heavy atom. The molecule has 0 fully saturated rings. The zero-order valence-corrected chi connectivity index (χ0v) is 18.3. The molecule has 0 saturated carbocycles. The van der Waals surface area contributed by atoms with Crippen molar-refractivity contribution in [1.29, 1.82) is 0 Å². The van der Waals surface area contributed by atoms with Crippen molar-refractivity contribution in [3.63, 3.8) is 0 Å². The number of benzene rings is 2. The van der Waals surface area contributed by atoms with Crippen molar-refractivity contribution < 1.29 is 18.3 Å². The fourth-order valence-electron chi connectivity index (χ4n) is 2.48. The predicted octanol–water partition coefficient (Wildman–Crippen LogP) is 5.36. The van der Waals surface area contributed by atoms with Gasteiger partial charge >= 0.3 is 0 Å². The maximum Gasteiger partial charge on any atom is 0.234 e. The minimum absolute atomic E-state index is 0.0347. The molecule has 1 amide bonds. The van der Waals surface area contributed by atoms with Crippen LogP contribution in [0.2, 0.25) is 10.0 Å². The number of carbonyl (C=O) groups is 1. The fourth-order valence-corrected chi connectivity index (χ4v) is 3.65. The van der Waals surface area contributed by atoms with Gasteiger partial charge in [0.15, 0.2) is 11.0 Å². The summed E-state index contributed by atoms with van der Waals surface area (Å²) in [4.78, 5) is 12.2. The molecule has 0 spiro atoms. The second-order valence-corrected chi connectivity index (χ2v) is 7.88. The first-order valence-electron chi connectivity index (χ1n) is 8.86. The van der Waals surface area contributed by atoms with E-state index < -0.39 is 11.6 Å². The van der Waals surface area contributed by atoms with Gasteiger partial charge in [-0.05, 0) is 36.4 Å². The molecule has 3 rings (SSSR count). The van der Waals surface area contributed by atoms with Gasteiger partial charge in [-0.3, -0.25) is 9.36 Å². The van der Waals surface area contributed by atoms with E-state index in [2.05, 4.69) is 22.1 Å². The zero-order valence-electron chi connectivity index (χ0n) is 15.9. The van der Waals surface area contributed by atoms with Gasteiger partial charge in [-0.25, -0.2) is 8.78 Å². The highest BCUT2D eigenvalue weighted by atomic mass is 35.5. The molecule has 11 heteroatoms. The summed E-state index contributed by atoms with van der Waals surface area (Å²) in [6, 6.07) is 7.73. The second kappa shape index (κ2) is 10.6. The number of carbonyl (C=O) groups excluding carboxylic acids is 1. The van der Waals surface area contributed by atoms with Gasteiger partial charge in [0, 0.05) is 12.2 Å². The summed E-state index contributed by atoms with van der Waals surface area (Å²) in [5.74, 6) is -0.530. The number of nitrogens with one attached hydrogen (secondary N) is 1. The molecular weight excluding hydrogens is 469 g/mol. The highest BCUT2D eigenvalue weighted by Gasteiger charge is 2.15. The number of nitrogens with zero attached hydrogens (tertiary/aromatic N) is 3. The average molecular weight is 485 g/mol. The van der Waals surface area contributed by atoms with Gasteiger partial charge in [-0.1, -0.05) is 41.0 Å². The summed E-state index contributed by atoms with van der Waals surface area (Å²) in [5, 5.41) is 11.4. The Morgan fingerprint density at radius 2 is 2.00 bits per heavy atom. The van der Waals surface area contributed by atoms with Crippen molar-refractivity contribution in [2.45, 2.75) is 18.3 Å². The molecule has 1 N–H and O–H groups in total. The van der Waals surface area contributed by atoms with Crippen LogP contribution in [0.15, 0.2) is 54.2 Å².